The predicted molar refractivity (Wildman–Crippen MR) is 125 cm³/mol. The fourth-order valence-corrected chi connectivity index (χ4v) is 3.66. The Labute approximate surface area is 199 Å². The molecule has 0 aliphatic rings. The number of aromatic nitrogens is 1. The molecule has 5 heteroatoms. The first-order valence-electron chi connectivity index (χ1n) is 9.99. The molecule has 163 valence electrons. The second-order valence-electron chi connectivity index (χ2n) is 7.47. The van der Waals surface area contributed by atoms with E-state index in [9.17, 15) is 4.79 Å². The van der Waals surface area contributed by atoms with Gasteiger partial charge in [0.25, 0.3) is 0 Å². The Kier molecular flexibility index (Phi) is 7.24. The number of ketones is 1. The fraction of sp³-hybridized carbons (Fsp3) is 0.111. The van der Waals surface area contributed by atoms with E-state index in [0.29, 0.717) is 0 Å². The number of nitrogens with zero attached hydrogens (tertiary/aromatic N) is 1. The van der Waals surface area contributed by atoms with Gasteiger partial charge in [-0.2, -0.15) is 0 Å². The molecule has 0 saturated heterocycles. The Bertz CT molecular complexity index is 1450. The largest absolute Gasteiger partial charge is 0.512 e. The van der Waals surface area contributed by atoms with E-state index in [1.165, 1.54) is 41.5 Å². The third-order valence-corrected chi connectivity index (χ3v) is 4.90. The Morgan fingerprint density at radius 3 is 2.47 bits per heavy atom. The van der Waals surface area contributed by atoms with Crippen molar-refractivity contribution in [1.82, 2.24) is 4.98 Å². The third-order valence-electron chi connectivity index (χ3n) is 4.90. The first kappa shape index (κ1) is 23.4. The van der Waals surface area contributed by atoms with Crippen LogP contribution in [0.15, 0.2) is 83.1 Å². The summed E-state index contributed by atoms with van der Waals surface area (Å²) in [6.45, 7) is 4.81. The zero-order valence-electron chi connectivity index (χ0n) is 18.0. The minimum Gasteiger partial charge on any atom is -0.512 e. The average Bonchev–Trinajstić information content (AvgIpc) is 3.13. The van der Waals surface area contributed by atoms with E-state index < -0.39 is 0 Å². The quantitative estimate of drug-likeness (QED) is 0.103. The van der Waals surface area contributed by atoms with Gasteiger partial charge in [-0.05, 0) is 38.3 Å². The molecule has 32 heavy (non-hydrogen) atoms. The number of allylic oxidation sites excluding steroid dienone is 2. The summed E-state index contributed by atoms with van der Waals surface area (Å²) in [5.74, 6) is 0.832. The SMILES string of the molecule is CC(=O)/C=C(/C)O.Cc1cc2ccnc(-c3[c-]cc4c(ccc5ccccc54)c3)c2o1.[Ir]. The third kappa shape index (κ3) is 4.96. The van der Waals surface area contributed by atoms with E-state index in [4.69, 9.17) is 9.52 Å². The van der Waals surface area contributed by atoms with Gasteiger partial charge >= 0.3 is 0 Å². The molecule has 0 aliphatic heterocycles. The van der Waals surface area contributed by atoms with Gasteiger partial charge in [0.05, 0.1) is 5.76 Å². The summed E-state index contributed by atoms with van der Waals surface area (Å²) in [5.41, 5.74) is 2.62. The monoisotopic (exact) mass is 601 g/mol. The van der Waals surface area contributed by atoms with E-state index >= 15 is 0 Å². The van der Waals surface area contributed by atoms with Crippen molar-refractivity contribution in [2.24, 2.45) is 0 Å². The zero-order chi connectivity index (χ0) is 22.0. The Morgan fingerprint density at radius 1 is 1.00 bits per heavy atom. The number of carbonyl (C=O) groups is 1. The molecule has 0 spiro atoms. The average molecular weight is 601 g/mol. The maximum atomic E-state index is 10.0. The molecular weight excluding hydrogens is 579 g/mol. The number of pyridine rings is 1. The topological polar surface area (TPSA) is 63.3 Å². The molecule has 3 aromatic carbocycles. The van der Waals surface area contributed by atoms with Crippen LogP contribution in [-0.4, -0.2) is 15.9 Å². The number of carbonyl (C=O) groups excluding carboxylic acids is 1. The molecule has 0 amide bonds. The molecule has 1 radical (unpaired) electrons. The van der Waals surface area contributed by atoms with Crippen molar-refractivity contribution in [3.63, 3.8) is 0 Å². The van der Waals surface area contributed by atoms with Gasteiger partial charge in [0, 0.05) is 43.5 Å². The number of aliphatic hydroxyl groups is 1. The van der Waals surface area contributed by atoms with Crippen molar-refractivity contribution in [2.75, 3.05) is 0 Å². The molecule has 0 aliphatic carbocycles. The number of aliphatic hydroxyl groups excluding tert-OH is 1. The van der Waals surface area contributed by atoms with Crippen LogP contribution in [0.5, 0.6) is 0 Å². The Morgan fingerprint density at radius 2 is 1.75 bits per heavy atom. The van der Waals surface area contributed by atoms with Crippen molar-refractivity contribution in [2.45, 2.75) is 20.8 Å². The van der Waals surface area contributed by atoms with Crippen LogP contribution in [0.3, 0.4) is 0 Å². The molecule has 2 aromatic heterocycles. The molecule has 0 saturated carbocycles. The number of fused-ring (bicyclic) bond motifs is 4. The van der Waals surface area contributed by atoms with Crippen LogP contribution in [0.4, 0.5) is 0 Å². The van der Waals surface area contributed by atoms with E-state index in [2.05, 4.69) is 59.6 Å². The van der Waals surface area contributed by atoms with Crippen LogP contribution >= 0.6 is 0 Å². The molecule has 0 fully saturated rings. The van der Waals surface area contributed by atoms with E-state index in [0.717, 1.165) is 28.0 Å². The van der Waals surface area contributed by atoms with Gasteiger partial charge in [0.15, 0.2) is 5.78 Å². The minimum absolute atomic E-state index is 0. The smallest absolute Gasteiger partial charge is 0.155 e. The maximum absolute atomic E-state index is 10.0. The first-order chi connectivity index (χ1) is 14.9. The fourth-order valence-electron chi connectivity index (χ4n) is 3.66. The van der Waals surface area contributed by atoms with Gasteiger partial charge in [0.1, 0.15) is 11.3 Å². The van der Waals surface area contributed by atoms with Crippen LogP contribution in [0.1, 0.15) is 19.6 Å². The Balaban J connectivity index is 0.000000318. The van der Waals surface area contributed by atoms with Crippen LogP contribution < -0.4 is 0 Å². The van der Waals surface area contributed by atoms with Crippen LogP contribution in [-0.2, 0) is 24.9 Å². The second-order valence-corrected chi connectivity index (χ2v) is 7.47. The summed E-state index contributed by atoms with van der Waals surface area (Å²) in [6, 6.07) is 24.4. The number of hydrogen-bond acceptors (Lipinski definition) is 4. The Hall–Kier alpha value is -3.27. The maximum Gasteiger partial charge on any atom is 0.155 e. The first-order valence-corrected chi connectivity index (χ1v) is 9.99. The molecule has 2 heterocycles. The summed E-state index contributed by atoms with van der Waals surface area (Å²) in [4.78, 5) is 14.6. The van der Waals surface area contributed by atoms with Crippen molar-refractivity contribution < 1.29 is 34.4 Å². The molecule has 1 N–H and O–H groups in total. The minimum atomic E-state index is -0.125. The molecule has 5 aromatic rings. The van der Waals surface area contributed by atoms with E-state index in [1.807, 2.05) is 25.3 Å². The van der Waals surface area contributed by atoms with Crippen LogP contribution in [0.2, 0.25) is 0 Å². The molecule has 0 bridgehead atoms. The van der Waals surface area contributed by atoms with E-state index in [-0.39, 0.29) is 31.6 Å². The summed E-state index contributed by atoms with van der Waals surface area (Å²) < 4.78 is 5.85. The van der Waals surface area contributed by atoms with E-state index in [1.54, 1.807) is 0 Å². The number of furan rings is 1. The molecular formula is C27H22IrNO3-. The van der Waals surface area contributed by atoms with Gasteiger partial charge in [-0.3, -0.25) is 4.79 Å². The van der Waals surface area contributed by atoms with Crippen LogP contribution in [0.25, 0.3) is 43.8 Å². The number of aryl methyl sites for hydroxylation is 1. The normalized spacial score (nSPS) is 11.2. The van der Waals surface area contributed by atoms with Crippen molar-refractivity contribution >= 4 is 38.3 Å². The van der Waals surface area contributed by atoms with Gasteiger partial charge in [-0.1, -0.05) is 47.2 Å². The predicted octanol–water partition coefficient (Wildman–Crippen LogP) is 6.94. The summed E-state index contributed by atoms with van der Waals surface area (Å²) >= 11 is 0. The number of benzene rings is 3. The van der Waals surface area contributed by atoms with Crippen molar-refractivity contribution in [3.8, 4) is 11.3 Å². The van der Waals surface area contributed by atoms with Gasteiger partial charge in [0.2, 0.25) is 0 Å². The van der Waals surface area contributed by atoms with Crippen molar-refractivity contribution in [1.29, 1.82) is 0 Å². The summed E-state index contributed by atoms with van der Waals surface area (Å²) in [7, 11) is 0. The molecule has 5 rings (SSSR count). The summed E-state index contributed by atoms with van der Waals surface area (Å²) in [5, 5.41) is 14.3. The molecule has 4 nitrogen and oxygen atoms in total. The van der Waals surface area contributed by atoms with Crippen molar-refractivity contribution in [3.05, 3.63) is 90.5 Å². The molecule has 0 unspecified atom stereocenters. The standard InChI is InChI=1S/C22H14NO.C5H8O2.Ir/c1-14-12-18-10-11-23-21(22(18)24-14)17-8-9-20-16(13-17)7-6-15-4-2-3-5-19(15)20;1-4(6)3-5(2)7;/h2-7,9-13H,1H3;3,6H,1-2H3;/q-1;;/b;4-3-;. The second kappa shape index (κ2) is 9.90. The van der Waals surface area contributed by atoms with Gasteiger partial charge < -0.3 is 14.5 Å². The molecule has 0 atom stereocenters. The zero-order valence-corrected chi connectivity index (χ0v) is 20.4. The summed E-state index contributed by atoms with van der Waals surface area (Å²) in [6.07, 6.45) is 2.99. The number of hydrogen-bond donors (Lipinski definition) is 1. The number of rotatable bonds is 2. The van der Waals surface area contributed by atoms with Crippen LogP contribution in [0, 0.1) is 13.0 Å². The van der Waals surface area contributed by atoms with Gasteiger partial charge in [-0.25, -0.2) is 0 Å². The van der Waals surface area contributed by atoms with Gasteiger partial charge in [-0.15, -0.1) is 29.1 Å².